The van der Waals surface area contributed by atoms with E-state index in [-0.39, 0.29) is 6.03 Å². The van der Waals surface area contributed by atoms with Crippen LogP contribution in [0.25, 0.3) is 0 Å². The van der Waals surface area contributed by atoms with Crippen LogP contribution in [-0.4, -0.2) is 26.3 Å². The number of hydrogen-bond acceptors (Lipinski definition) is 3. The molecule has 0 bridgehead atoms. The van der Waals surface area contributed by atoms with Crippen molar-refractivity contribution in [3.63, 3.8) is 0 Å². The number of anilines is 1. The van der Waals surface area contributed by atoms with Gasteiger partial charge >= 0.3 is 6.03 Å². The molecule has 24 heavy (non-hydrogen) atoms. The van der Waals surface area contributed by atoms with Crippen LogP contribution in [0, 0.1) is 0 Å². The maximum Gasteiger partial charge on any atom is 0.319 e. The lowest BCUT2D eigenvalue weighted by Crippen LogP contribution is -2.30. The van der Waals surface area contributed by atoms with Crippen LogP contribution in [0.1, 0.15) is 6.42 Å². The van der Waals surface area contributed by atoms with Gasteiger partial charge < -0.3 is 20.1 Å². The molecule has 0 unspecified atom stereocenters. The van der Waals surface area contributed by atoms with E-state index in [0.29, 0.717) is 41.8 Å². The summed E-state index contributed by atoms with van der Waals surface area (Å²) in [5.74, 6) is 1.31. The summed E-state index contributed by atoms with van der Waals surface area (Å²) in [5, 5.41) is 6.06. The number of carbonyl (C=O) groups is 1. The lowest BCUT2D eigenvalue weighted by Gasteiger charge is -2.10. The van der Waals surface area contributed by atoms with E-state index < -0.39 is 0 Å². The van der Waals surface area contributed by atoms with Crippen molar-refractivity contribution in [3.8, 4) is 11.5 Å². The molecule has 0 radical (unpaired) electrons. The standard InChI is InChI=1S/C17H18BrClN2O3/c1-23-14-5-2-4-13(11-14)21-17(22)20-8-3-9-24-16-7-6-12(18)10-15(16)19/h2,4-7,10-11H,3,8-9H2,1H3,(H2,20,21,22). The van der Waals surface area contributed by atoms with E-state index in [4.69, 9.17) is 21.1 Å². The monoisotopic (exact) mass is 412 g/mol. The van der Waals surface area contributed by atoms with Crippen LogP contribution in [0.5, 0.6) is 11.5 Å². The third-order valence-corrected chi connectivity index (χ3v) is 3.87. The van der Waals surface area contributed by atoms with Gasteiger partial charge in [-0.25, -0.2) is 4.79 Å². The molecule has 0 heterocycles. The molecule has 2 aromatic carbocycles. The second-order valence-corrected chi connectivity index (χ2v) is 6.21. The van der Waals surface area contributed by atoms with Crippen molar-refractivity contribution in [1.82, 2.24) is 5.32 Å². The Hall–Kier alpha value is -1.92. The highest BCUT2D eigenvalue weighted by Crippen LogP contribution is 2.27. The van der Waals surface area contributed by atoms with E-state index in [0.717, 1.165) is 4.47 Å². The maximum atomic E-state index is 11.8. The Morgan fingerprint density at radius 3 is 2.83 bits per heavy atom. The molecule has 7 heteroatoms. The first-order valence-corrected chi connectivity index (χ1v) is 8.52. The van der Waals surface area contributed by atoms with Crippen LogP contribution < -0.4 is 20.1 Å². The van der Waals surface area contributed by atoms with Gasteiger partial charge in [0.25, 0.3) is 0 Å². The molecule has 128 valence electrons. The van der Waals surface area contributed by atoms with Crippen LogP contribution in [0.4, 0.5) is 10.5 Å². The van der Waals surface area contributed by atoms with Crippen LogP contribution in [0.15, 0.2) is 46.9 Å². The van der Waals surface area contributed by atoms with Crippen molar-refractivity contribution >= 4 is 39.2 Å². The molecule has 0 saturated carbocycles. The number of carbonyl (C=O) groups excluding carboxylic acids is 1. The minimum atomic E-state index is -0.273. The molecular formula is C17H18BrClN2O3. The van der Waals surface area contributed by atoms with Crippen molar-refractivity contribution in [3.05, 3.63) is 52.0 Å². The quantitative estimate of drug-likeness (QED) is 0.647. The van der Waals surface area contributed by atoms with Gasteiger partial charge in [0.15, 0.2) is 0 Å². The summed E-state index contributed by atoms with van der Waals surface area (Å²) in [7, 11) is 1.58. The second-order valence-electron chi connectivity index (χ2n) is 4.89. The van der Waals surface area contributed by atoms with Gasteiger partial charge in [-0.05, 0) is 36.8 Å². The van der Waals surface area contributed by atoms with Gasteiger partial charge in [0.1, 0.15) is 11.5 Å². The summed E-state index contributed by atoms with van der Waals surface area (Å²) in [5.41, 5.74) is 0.671. The zero-order valence-corrected chi connectivity index (χ0v) is 15.5. The molecule has 0 aliphatic heterocycles. The Bertz CT molecular complexity index is 697. The SMILES string of the molecule is COc1cccc(NC(=O)NCCCOc2ccc(Br)cc2Cl)c1. The summed E-state index contributed by atoms with van der Waals surface area (Å²) in [6.45, 7) is 0.949. The topological polar surface area (TPSA) is 59.6 Å². The van der Waals surface area contributed by atoms with Crippen LogP contribution in [0.2, 0.25) is 5.02 Å². The van der Waals surface area contributed by atoms with Gasteiger partial charge in [-0.15, -0.1) is 0 Å². The fraction of sp³-hybridized carbons (Fsp3) is 0.235. The Morgan fingerprint density at radius 1 is 1.25 bits per heavy atom. The molecule has 0 aromatic heterocycles. The van der Waals surface area contributed by atoms with Gasteiger partial charge in [0.2, 0.25) is 0 Å². The predicted molar refractivity (Wildman–Crippen MR) is 99.3 cm³/mol. The zero-order chi connectivity index (χ0) is 17.4. The van der Waals surface area contributed by atoms with Gasteiger partial charge in [-0.2, -0.15) is 0 Å². The number of urea groups is 1. The molecule has 0 aliphatic carbocycles. The Kier molecular flexibility index (Phi) is 7.21. The van der Waals surface area contributed by atoms with E-state index in [9.17, 15) is 4.79 Å². The maximum absolute atomic E-state index is 11.8. The molecule has 2 aromatic rings. The number of rotatable bonds is 7. The summed E-state index contributed by atoms with van der Waals surface area (Å²) in [4.78, 5) is 11.8. The number of ether oxygens (including phenoxy) is 2. The summed E-state index contributed by atoms with van der Waals surface area (Å²) < 4.78 is 11.6. The van der Waals surface area contributed by atoms with Gasteiger partial charge in [-0.3, -0.25) is 0 Å². The normalized spacial score (nSPS) is 10.1. The first-order chi connectivity index (χ1) is 11.6. The summed E-state index contributed by atoms with van der Waals surface area (Å²) >= 11 is 9.40. The highest BCUT2D eigenvalue weighted by Gasteiger charge is 2.04. The van der Waals surface area contributed by atoms with E-state index in [1.165, 1.54) is 0 Å². The van der Waals surface area contributed by atoms with Crippen LogP contribution in [0.3, 0.4) is 0 Å². The second kappa shape index (κ2) is 9.39. The van der Waals surface area contributed by atoms with E-state index in [2.05, 4.69) is 26.6 Å². The van der Waals surface area contributed by atoms with Crippen molar-refractivity contribution in [1.29, 1.82) is 0 Å². The number of halogens is 2. The largest absolute Gasteiger partial charge is 0.497 e. The third-order valence-electron chi connectivity index (χ3n) is 3.09. The van der Waals surface area contributed by atoms with Gasteiger partial charge in [0, 0.05) is 22.8 Å². The summed E-state index contributed by atoms with van der Waals surface area (Å²) in [6.07, 6.45) is 0.665. The first kappa shape index (κ1) is 18.4. The molecule has 0 spiro atoms. The Labute approximate surface area is 154 Å². The average Bonchev–Trinajstić information content (AvgIpc) is 2.56. The van der Waals surface area contributed by atoms with Crippen LogP contribution in [-0.2, 0) is 0 Å². The lowest BCUT2D eigenvalue weighted by molar-refractivity contribution is 0.250. The Morgan fingerprint density at radius 2 is 2.08 bits per heavy atom. The molecule has 0 atom stereocenters. The number of benzene rings is 2. The number of hydrogen-bond donors (Lipinski definition) is 2. The molecule has 0 aliphatic rings. The first-order valence-electron chi connectivity index (χ1n) is 7.35. The summed E-state index contributed by atoms with van der Waals surface area (Å²) in [6, 6.07) is 12.3. The molecule has 0 fully saturated rings. The van der Waals surface area contributed by atoms with Gasteiger partial charge in [0.05, 0.1) is 18.7 Å². The van der Waals surface area contributed by atoms with E-state index in [1.54, 1.807) is 31.4 Å². The highest BCUT2D eigenvalue weighted by atomic mass is 79.9. The van der Waals surface area contributed by atoms with Crippen molar-refractivity contribution < 1.29 is 14.3 Å². The van der Waals surface area contributed by atoms with Crippen molar-refractivity contribution in [2.45, 2.75) is 6.42 Å². The molecule has 0 saturated heterocycles. The minimum Gasteiger partial charge on any atom is -0.497 e. The van der Waals surface area contributed by atoms with Gasteiger partial charge in [-0.1, -0.05) is 33.6 Å². The predicted octanol–water partition coefficient (Wildman–Crippen LogP) is 4.70. The smallest absolute Gasteiger partial charge is 0.319 e. The van der Waals surface area contributed by atoms with Crippen LogP contribution >= 0.6 is 27.5 Å². The van der Waals surface area contributed by atoms with Crippen molar-refractivity contribution in [2.24, 2.45) is 0 Å². The lowest BCUT2D eigenvalue weighted by atomic mass is 10.3. The molecular weight excluding hydrogens is 396 g/mol. The molecule has 2 amide bonds. The van der Waals surface area contributed by atoms with E-state index >= 15 is 0 Å². The highest BCUT2D eigenvalue weighted by molar-refractivity contribution is 9.10. The number of nitrogens with one attached hydrogen (secondary N) is 2. The molecule has 2 N–H and O–H groups in total. The Balaban J connectivity index is 1.67. The zero-order valence-electron chi connectivity index (χ0n) is 13.1. The third kappa shape index (κ3) is 5.94. The van der Waals surface area contributed by atoms with E-state index in [1.807, 2.05) is 18.2 Å². The number of amides is 2. The fourth-order valence-corrected chi connectivity index (χ4v) is 2.65. The molecule has 5 nitrogen and oxygen atoms in total. The minimum absolute atomic E-state index is 0.273. The molecule has 2 rings (SSSR count). The average molecular weight is 414 g/mol. The fourth-order valence-electron chi connectivity index (χ4n) is 1.92. The van der Waals surface area contributed by atoms with Crippen molar-refractivity contribution in [2.75, 3.05) is 25.6 Å². The number of methoxy groups -OCH3 is 1.